The molecule has 5 aromatic rings. The Labute approximate surface area is 176 Å². The summed E-state index contributed by atoms with van der Waals surface area (Å²) in [6.07, 6.45) is 0.378. The summed E-state index contributed by atoms with van der Waals surface area (Å²) in [6, 6.07) is 9.06. The van der Waals surface area contributed by atoms with E-state index in [0.717, 1.165) is 27.7 Å². The maximum atomic E-state index is 14.6. The maximum Gasteiger partial charge on any atom is 0.314 e. The minimum Gasteiger partial charge on any atom is -0.415 e. The molecule has 0 aliphatic heterocycles. The Balaban J connectivity index is 1.40. The van der Waals surface area contributed by atoms with E-state index in [1.165, 1.54) is 0 Å². The van der Waals surface area contributed by atoms with E-state index in [4.69, 9.17) is 0 Å². The highest BCUT2D eigenvalue weighted by Gasteiger charge is 2.21. The van der Waals surface area contributed by atoms with Crippen LogP contribution in [0.4, 0.5) is 17.6 Å². The smallest absolute Gasteiger partial charge is 0.314 e. The van der Waals surface area contributed by atoms with E-state index in [9.17, 15) is 17.6 Å². The van der Waals surface area contributed by atoms with Crippen LogP contribution in [0.5, 0.6) is 0 Å². The molecule has 0 radical (unpaired) electrons. The van der Waals surface area contributed by atoms with E-state index in [2.05, 4.69) is 35.0 Å². The van der Waals surface area contributed by atoms with E-state index in [-0.39, 0.29) is 12.1 Å². The summed E-state index contributed by atoms with van der Waals surface area (Å²) in [5, 5.41) is 20.4. The molecule has 0 saturated heterocycles. The zero-order valence-electron chi connectivity index (χ0n) is 16.0. The van der Waals surface area contributed by atoms with Gasteiger partial charge in [-0.1, -0.05) is 12.1 Å². The molecule has 0 fully saturated rings. The van der Waals surface area contributed by atoms with Crippen molar-refractivity contribution in [3.05, 3.63) is 71.9 Å². The number of fused-ring (bicyclic) bond motifs is 1. The summed E-state index contributed by atoms with van der Waals surface area (Å²) in [5.41, 5.74) is 0.195. The molecule has 0 spiro atoms. The molecule has 0 amide bonds. The minimum absolute atomic E-state index is 0.0756. The number of halogens is 4. The molecule has 0 aliphatic rings. The predicted molar refractivity (Wildman–Crippen MR) is 102 cm³/mol. The number of hydrogen-bond acceptors (Lipinski definition) is 7. The largest absolute Gasteiger partial charge is 0.415 e. The number of rotatable bonds is 5. The number of nitrogens with zero attached hydrogens (tertiary/aromatic N) is 7. The zero-order valence-corrected chi connectivity index (χ0v) is 16.0. The summed E-state index contributed by atoms with van der Waals surface area (Å²) in [6.45, 7) is -0.209. The summed E-state index contributed by atoms with van der Waals surface area (Å²) >= 11 is 0. The number of tetrazole rings is 1. The molecule has 3 aromatic heterocycles. The number of benzene rings is 2. The molecule has 0 atom stereocenters. The predicted octanol–water partition coefficient (Wildman–Crippen LogP) is 4.20. The molecular weight excluding hydrogens is 430 g/mol. The normalized spacial score (nSPS) is 11.5. The van der Waals surface area contributed by atoms with Crippen molar-refractivity contribution < 1.29 is 22.0 Å². The van der Waals surface area contributed by atoms with Gasteiger partial charge in [0.2, 0.25) is 5.82 Å². The quantitative estimate of drug-likeness (QED) is 0.377. The Morgan fingerprint density at radius 1 is 0.938 bits per heavy atom. The van der Waals surface area contributed by atoms with Gasteiger partial charge in [-0.15, -0.1) is 20.4 Å². The molecule has 2 aromatic carbocycles. The lowest BCUT2D eigenvalue weighted by Crippen LogP contribution is -2.07. The number of hydrogen-bond donors (Lipinski definition) is 0. The fourth-order valence-corrected chi connectivity index (χ4v) is 3.11. The molecule has 8 nitrogen and oxygen atoms in total. The van der Waals surface area contributed by atoms with Crippen LogP contribution in [-0.2, 0) is 6.54 Å². The van der Waals surface area contributed by atoms with Gasteiger partial charge in [0.25, 0.3) is 11.8 Å². The van der Waals surface area contributed by atoms with Crippen LogP contribution in [0, 0.1) is 11.6 Å². The Hall–Kier alpha value is -4.22. The molecule has 0 saturated carbocycles. The van der Waals surface area contributed by atoms with E-state index in [1.807, 2.05) is 18.2 Å². The molecule has 3 heterocycles. The van der Waals surface area contributed by atoms with Gasteiger partial charge in [0, 0.05) is 28.9 Å². The Kier molecular flexibility index (Phi) is 4.81. The molecule has 0 unspecified atom stereocenters. The number of alkyl halides is 2. The summed E-state index contributed by atoms with van der Waals surface area (Å²) in [5.74, 6) is -2.96. The van der Waals surface area contributed by atoms with Crippen molar-refractivity contribution in [3.63, 3.8) is 0 Å². The van der Waals surface area contributed by atoms with E-state index in [0.29, 0.717) is 11.4 Å². The molecule has 12 heteroatoms. The highest BCUT2D eigenvalue weighted by Crippen LogP contribution is 2.28. The van der Waals surface area contributed by atoms with Crippen molar-refractivity contribution in [1.29, 1.82) is 0 Å². The highest BCUT2D eigenvalue weighted by atomic mass is 19.3. The van der Waals surface area contributed by atoms with Crippen molar-refractivity contribution in [1.82, 2.24) is 35.4 Å². The average Bonchev–Trinajstić information content (AvgIpc) is 3.46. The summed E-state index contributed by atoms with van der Waals surface area (Å²) in [4.78, 5) is 5.17. The molecular formula is C20H11F4N7O. The molecule has 0 bridgehead atoms. The van der Waals surface area contributed by atoms with Gasteiger partial charge in [0.15, 0.2) is 0 Å². The van der Waals surface area contributed by atoms with Crippen molar-refractivity contribution >= 4 is 10.8 Å². The van der Waals surface area contributed by atoms with Gasteiger partial charge in [-0.2, -0.15) is 13.6 Å². The van der Waals surface area contributed by atoms with Gasteiger partial charge >= 0.3 is 6.43 Å². The van der Waals surface area contributed by atoms with Gasteiger partial charge in [-0.3, -0.25) is 4.98 Å². The Morgan fingerprint density at radius 3 is 2.62 bits per heavy atom. The Bertz CT molecular complexity index is 1430. The maximum absolute atomic E-state index is 14.6. The lowest BCUT2D eigenvalue weighted by Gasteiger charge is -2.05. The second-order valence-electron chi connectivity index (χ2n) is 6.75. The van der Waals surface area contributed by atoms with Crippen LogP contribution < -0.4 is 0 Å². The van der Waals surface area contributed by atoms with Crippen LogP contribution in [0.25, 0.3) is 33.6 Å². The molecule has 0 N–H and O–H groups in total. The molecule has 5 rings (SSSR count). The van der Waals surface area contributed by atoms with Crippen LogP contribution >= 0.6 is 0 Å². The molecule has 0 aliphatic carbocycles. The van der Waals surface area contributed by atoms with Gasteiger partial charge in [0.1, 0.15) is 11.6 Å². The lowest BCUT2D eigenvalue weighted by atomic mass is 10.1. The van der Waals surface area contributed by atoms with E-state index < -0.39 is 35.4 Å². The lowest BCUT2D eigenvalue weighted by molar-refractivity contribution is 0.116. The summed E-state index contributed by atoms with van der Waals surface area (Å²) in [7, 11) is 0. The first-order valence-corrected chi connectivity index (χ1v) is 9.20. The number of aromatic nitrogens is 7. The van der Waals surface area contributed by atoms with Crippen molar-refractivity contribution in [2.75, 3.05) is 0 Å². The average molecular weight is 441 g/mol. The van der Waals surface area contributed by atoms with Gasteiger partial charge in [-0.05, 0) is 34.9 Å². The topological polar surface area (TPSA) is 95.4 Å². The van der Waals surface area contributed by atoms with Crippen LogP contribution in [0.1, 0.15) is 17.9 Å². The van der Waals surface area contributed by atoms with Crippen LogP contribution in [0.2, 0.25) is 0 Å². The first-order chi connectivity index (χ1) is 15.5. The van der Waals surface area contributed by atoms with Gasteiger partial charge < -0.3 is 4.42 Å². The van der Waals surface area contributed by atoms with Crippen LogP contribution in [-0.4, -0.2) is 35.4 Å². The van der Waals surface area contributed by atoms with Crippen LogP contribution in [0.3, 0.4) is 0 Å². The monoisotopic (exact) mass is 441 g/mol. The number of pyridine rings is 1. The van der Waals surface area contributed by atoms with Crippen molar-refractivity contribution in [2.24, 2.45) is 0 Å². The summed E-state index contributed by atoms with van der Waals surface area (Å²) < 4.78 is 58.9. The van der Waals surface area contributed by atoms with Gasteiger partial charge in [0.05, 0.1) is 12.1 Å². The fraction of sp³-hybridized carbons (Fsp3) is 0.100. The highest BCUT2D eigenvalue weighted by molar-refractivity contribution is 5.85. The third-order valence-corrected chi connectivity index (χ3v) is 4.66. The molecule has 32 heavy (non-hydrogen) atoms. The van der Waals surface area contributed by atoms with Crippen molar-refractivity contribution in [2.45, 2.75) is 13.0 Å². The first-order valence-electron chi connectivity index (χ1n) is 9.20. The fourth-order valence-electron chi connectivity index (χ4n) is 3.11. The SMILES string of the molecule is Fc1cc(-c2nnc(C(F)F)o2)c(F)cc1Cn1nnc(-c2ccc3cnccc3c2)n1. The third kappa shape index (κ3) is 3.66. The van der Waals surface area contributed by atoms with E-state index in [1.54, 1.807) is 18.5 Å². The third-order valence-electron chi connectivity index (χ3n) is 4.66. The standard InChI is InChI=1S/C20H11F4N7O/c21-15-7-14(19-27-28-20(32-19)17(23)24)16(22)6-13(15)9-31-29-18(26-30-31)11-1-2-12-8-25-4-3-10(12)5-11/h1-8,17H,9H2. The minimum atomic E-state index is -3.02. The zero-order chi connectivity index (χ0) is 22.2. The van der Waals surface area contributed by atoms with Gasteiger partial charge in [-0.25, -0.2) is 8.78 Å². The Morgan fingerprint density at radius 2 is 1.81 bits per heavy atom. The van der Waals surface area contributed by atoms with Crippen molar-refractivity contribution in [3.8, 4) is 22.8 Å². The first kappa shape index (κ1) is 19.7. The van der Waals surface area contributed by atoms with E-state index >= 15 is 0 Å². The second-order valence-corrected chi connectivity index (χ2v) is 6.75. The van der Waals surface area contributed by atoms with Crippen LogP contribution in [0.15, 0.2) is 53.2 Å². The molecule has 160 valence electrons. The second kappa shape index (κ2) is 7.80.